The molecule has 0 radical (unpaired) electrons. The fourth-order valence-corrected chi connectivity index (χ4v) is 1.91. The summed E-state index contributed by atoms with van der Waals surface area (Å²) in [6, 6.07) is 0. The minimum Gasteiger partial charge on any atom is -0.319 e. The molecular formula is C10H20N2O. The van der Waals surface area contributed by atoms with Crippen molar-refractivity contribution in [1.29, 1.82) is 0 Å². The van der Waals surface area contributed by atoms with Gasteiger partial charge in [0, 0.05) is 12.5 Å². The standard InChI is InChI=1S/C10H20N2O/c1-10(2,11)9(13)8-5-4-6-12(3)7-8/h8H,4-7,11H2,1-3H3. The summed E-state index contributed by atoms with van der Waals surface area (Å²) in [5, 5.41) is 0. The largest absolute Gasteiger partial charge is 0.319 e. The van der Waals surface area contributed by atoms with Crippen LogP contribution in [0.4, 0.5) is 0 Å². The number of carbonyl (C=O) groups is 1. The van der Waals surface area contributed by atoms with Crippen molar-refractivity contribution in [1.82, 2.24) is 4.90 Å². The number of ketones is 1. The second kappa shape index (κ2) is 3.76. The Hall–Kier alpha value is -0.410. The number of nitrogens with zero attached hydrogens (tertiary/aromatic N) is 1. The van der Waals surface area contributed by atoms with E-state index >= 15 is 0 Å². The first-order valence-corrected chi connectivity index (χ1v) is 4.93. The summed E-state index contributed by atoms with van der Waals surface area (Å²) in [6.07, 6.45) is 2.12. The van der Waals surface area contributed by atoms with Gasteiger partial charge in [-0.15, -0.1) is 0 Å². The lowest BCUT2D eigenvalue weighted by atomic mass is 9.85. The Morgan fingerprint density at radius 2 is 2.15 bits per heavy atom. The maximum Gasteiger partial charge on any atom is 0.156 e. The second-order valence-electron chi connectivity index (χ2n) is 4.69. The van der Waals surface area contributed by atoms with Crippen molar-refractivity contribution in [3.8, 4) is 0 Å². The molecule has 0 saturated carbocycles. The molecule has 1 aliphatic rings. The molecule has 2 N–H and O–H groups in total. The first-order valence-electron chi connectivity index (χ1n) is 4.93. The van der Waals surface area contributed by atoms with Crippen LogP contribution in [0.1, 0.15) is 26.7 Å². The van der Waals surface area contributed by atoms with Crippen LogP contribution in [0.15, 0.2) is 0 Å². The molecule has 76 valence electrons. The van der Waals surface area contributed by atoms with Gasteiger partial charge in [-0.2, -0.15) is 0 Å². The van der Waals surface area contributed by atoms with E-state index < -0.39 is 5.54 Å². The molecule has 0 aliphatic carbocycles. The first kappa shape index (κ1) is 10.7. The number of nitrogens with two attached hydrogens (primary N) is 1. The molecule has 1 rings (SSSR count). The lowest BCUT2D eigenvalue weighted by molar-refractivity contribution is -0.128. The summed E-state index contributed by atoms with van der Waals surface area (Å²) >= 11 is 0. The van der Waals surface area contributed by atoms with Crippen LogP contribution in [-0.2, 0) is 4.79 Å². The van der Waals surface area contributed by atoms with E-state index in [4.69, 9.17) is 5.73 Å². The molecule has 0 spiro atoms. The minimum atomic E-state index is -0.664. The van der Waals surface area contributed by atoms with E-state index in [1.165, 1.54) is 0 Å². The van der Waals surface area contributed by atoms with Gasteiger partial charge in [-0.05, 0) is 40.3 Å². The molecule has 0 amide bonds. The molecule has 1 unspecified atom stereocenters. The van der Waals surface area contributed by atoms with Gasteiger partial charge in [-0.1, -0.05) is 0 Å². The predicted molar refractivity (Wildman–Crippen MR) is 53.5 cm³/mol. The van der Waals surface area contributed by atoms with Crippen LogP contribution in [0.5, 0.6) is 0 Å². The highest BCUT2D eigenvalue weighted by Crippen LogP contribution is 2.20. The Morgan fingerprint density at radius 1 is 1.54 bits per heavy atom. The summed E-state index contributed by atoms with van der Waals surface area (Å²) in [4.78, 5) is 14.0. The van der Waals surface area contributed by atoms with Crippen LogP contribution in [-0.4, -0.2) is 36.4 Å². The molecule has 1 saturated heterocycles. The normalized spacial score (nSPS) is 26.0. The average molecular weight is 184 g/mol. The van der Waals surface area contributed by atoms with Crippen LogP contribution in [0.3, 0.4) is 0 Å². The molecule has 3 nitrogen and oxygen atoms in total. The number of likely N-dealkylation sites (tertiary alicyclic amines) is 1. The number of piperidine rings is 1. The summed E-state index contributed by atoms with van der Waals surface area (Å²) < 4.78 is 0. The van der Waals surface area contributed by atoms with Gasteiger partial charge in [0.15, 0.2) is 5.78 Å². The van der Waals surface area contributed by atoms with Gasteiger partial charge in [-0.25, -0.2) is 0 Å². The molecule has 0 aromatic heterocycles. The third kappa shape index (κ3) is 2.78. The lowest BCUT2D eigenvalue weighted by Crippen LogP contribution is -2.49. The van der Waals surface area contributed by atoms with Gasteiger partial charge in [0.05, 0.1) is 5.54 Å². The second-order valence-corrected chi connectivity index (χ2v) is 4.69. The molecule has 1 heterocycles. The van der Waals surface area contributed by atoms with E-state index in [1.54, 1.807) is 13.8 Å². The molecule has 0 bridgehead atoms. The van der Waals surface area contributed by atoms with E-state index in [9.17, 15) is 4.79 Å². The molecule has 1 aliphatic heterocycles. The number of rotatable bonds is 2. The van der Waals surface area contributed by atoms with Crippen molar-refractivity contribution in [2.45, 2.75) is 32.2 Å². The fraction of sp³-hybridized carbons (Fsp3) is 0.900. The van der Waals surface area contributed by atoms with E-state index in [-0.39, 0.29) is 11.7 Å². The third-order valence-corrected chi connectivity index (χ3v) is 2.63. The zero-order valence-electron chi connectivity index (χ0n) is 8.84. The molecule has 1 fully saturated rings. The predicted octanol–water partition coefficient (Wildman–Crippen LogP) is 0.635. The van der Waals surface area contributed by atoms with Crippen LogP contribution >= 0.6 is 0 Å². The third-order valence-electron chi connectivity index (χ3n) is 2.63. The van der Waals surface area contributed by atoms with Crippen molar-refractivity contribution in [2.75, 3.05) is 20.1 Å². The lowest BCUT2D eigenvalue weighted by Gasteiger charge is -2.32. The summed E-state index contributed by atoms with van der Waals surface area (Å²) in [7, 11) is 2.06. The first-order chi connectivity index (χ1) is 5.91. The van der Waals surface area contributed by atoms with Gasteiger partial charge in [0.2, 0.25) is 0 Å². The number of hydrogen-bond acceptors (Lipinski definition) is 3. The number of Topliss-reactive ketones (excluding diaryl/α,β-unsaturated/α-hetero) is 1. The maximum absolute atomic E-state index is 11.8. The molecule has 0 aromatic rings. The number of hydrogen-bond donors (Lipinski definition) is 1. The Morgan fingerprint density at radius 3 is 2.62 bits per heavy atom. The Bertz CT molecular complexity index is 196. The van der Waals surface area contributed by atoms with Gasteiger partial charge in [0.25, 0.3) is 0 Å². The minimum absolute atomic E-state index is 0.152. The Balaban J connectivity index is 2.56. The van der Waals surface area contributed by atoms with Crippen molar-refractivity contribution in [2.24, 2.45) is 11.7 Å². The van der Waals surface area contributed by atoms with Crippen LogP contribution in [0, 0.1) is 5.92 Å². The van der Waals surface area contributed by atoms with E-state index in [1.807, 2.05) is 0 Å². The monoisotopic (exact) mass is 184 g/mol. The molecule has 0 aromatic carbocycles. The average Bonchev–Trinajstić information content (AvgIpc) is 2.01. The van der Waals surface area contributed by atoms with Crippen LogP contribution in [0.25, 0.3) is 0 Å². The topological polar surface area (TPSA) is 46.3 Å². The molecular weight excluding hydrogens is 164 g/mol. The van der Waals surface area contributed by atoms with E-state index in [0.717, 1.165) is 25.9 Å². The molecule has 3 heteroatoms. The highest BCUT2D eigenvalue weighted by atomic mass is 16.1. The van der Waals surface area contributed by atoms with Gasteiger partial charge in [-0.3, -0.25) is 4.79 Å². The van der Waals surface area contributed by atoms with E-state index in [2.05, 4.69) is 11.9 Å². The summed E-state index contributed by atoms with van der Waals surface area (Å²) in [5.74, 6) is 0.359. The van der Waals surface area contributed by atoms with Crippen molar-refractivity contribution >= 4 is 5.78 Å². The maximum atomic E-state index is 11.8. The smallest absolute Gasteiger partial charge is 0.156 e. The van der Waals surface area contributed by atoms with Crippen molar-refractivity contribution in [3.05, 3.63) is 0 Å². The summed E-state index contributed by atoms with van der Waals surface area (Å²) in [5.41, 5.74) is 5.12. The molecule has 1 atom stereocenters. The van der Waals surface area contributed by atoms with Crippen LogP contribution in [0.2, 0.25) is 0 Å². The van der Waals surface area contributed by atoms with Gasteiger partial charge >= 0.3 is 0 Å². The van der Waals surface area contributed by atoms with E-state index in [0.29, 0.717) is 0 Å². The zero-order valence-corrected chi connectivity index (χ0v) is 8.84. The summed E-state index contributed by atoms with van der Waals surface area (Å²) in [6.45, 7) is 5.57. The number of carbonyl (C=O) groups excluding carboxylic acids is 1. The quantitative estimate of drug-likeness (QED) is 0.685. The molecule has 13 heavy (non-hydrogen) atoms. The fourth-order valence-electron chi connectivity index (χ4n) is 1.91. The van der Waals surface area contributed by atoms with Gasteiger partial charge < -0.3 is 10.6 Å². The van der Waals surface area contributed by atoms with Crippen molar-refractivity contribution < 1.29 is 4.79 Å². The highest BCUT2D eigenvalue weighted by molar-refractivity contribution is 5.89. The highest BCUT2D eigenvalue weighted by Gasteiger charge is 2.32. The Kier molecular flexibility index (Phi) is 3.09. The van der Waals surface area contributed by atoms with Crippen LogP contribution < -0.4 is 5.73 Å². The SMILES string of the molecule is CN1CCCC(C(=O)C(C)(C)N)C1. The zero-order chi connectivity index (χ0) is 10.1. The Labute approximate surface area is 80.3 Å². The van der Waals surface area contributed by atoms with Crippen molar-refractivity contribution in [3.63, 3.8) is 0 Å². The van der Waals surface area contributed by atoms with Gasteiger partial charge in [0.1, 0.15) is 0 Å².